The molecule has 2 unspecified atom stereocenters. The summed E-state index contributed by atoms with van der Waals surface area (Å²) in [5, 5.41) is 3.26. The second-order valence-corrected chi connectivity index (χ2v) is 7.27. The number of nitrogens with two attached hydrogens (primary N) is 1. The Balaban J connectivity index is 0.00000192. The van der Waals surface area contributed by atoms with Crippen LogP contribution in [0, 0.1) is 11.3 Å². The van der Waals surface area contributed by atoms with Gasteiger partial charge in [-0.1, -0.05) is 37.3 Å². The number of hydrogen-bond acceptors (Lipinski definition) is 3. The first-order valence-electron chi connectivity index (χ1n) is 8.36. The molecule has 1 saturated heterocycles. The Hall–Kier alpha value is -1.10. The van der Waals surface area contributed by atoms with Gasteiger partial charge in [-0.05, 0) is 49.2 Å². The van der Waals surface area contributed by atoms with Gasteiger partial charge in [-0.2, -0.15) is 0 Å². The minimum absolute atomic E-state index is 0. The van der Waals surface area contributed by atoms with Crippen molar-refractivity contribution in [3.63, 3.8) is 0 Å². The minimum atomic E-state index is 0. The van der Waals surface area contributed by atoms with Crippen LogP contribution in [0.5, 0.6) is 0 Å². The molecule has 2 atom stereocenters. The van der Waals surface area contributed by atoms with Crippen LogP contribution in [0.25, 0.3) is 0 Å². The first kappa shape index (κ1) is 18.2. The van der Waals surface area contributed by atoms with Crippen molar-refractivity contribution in [1.29, 1.82) is 0 Å². The summed E-state index contributed by atoms with van der Waals surface area (Å²) < 4.78 is 0. The molecule has 0 spiro atoms. The quantitative estimate of drug-likeness (QED) is 0.837. The van der Waals surface area contributed by atoms with Gasteiger partial charge in [0.25, 0.3) is 0 Å². The van der Waals surface area contributed by atoms with Gasteiger partial charge in [-0.25, -0.2) is 0 Å². The SMILES string of the molecule is CC1(CN)CCN(CC(=O)NC(c2ccccc2)C2CC2)C1.Cl. The van der Waals surface area contributed by atoms with Gasteiger partial charge in [0.2, 0.25) is 5.91 Å². The third kappa shape index (κ3) is 4.69. The molecule has 4 nitrogen and oxygen atoms in total. The number of likely N-dealkylation sites (tertiary alicyclic amines) is 1. The minimum Gasteiger partial charge on any atom is -0.348 e. The molecule has 23 heavy (non-hydrogen) atoms. The van der Waals surface area contributed by atoms with Crippen molar-refractivity contribution < 1.29 is 4.79 Å². The Morgan fingerprint density at radius 3 is 2.65 bits per heavy atom. The Kier molecular flexibility index (Phi) is 6.06. The molecule has 0 bridgehead atoms. The van der Waals surface area contributed by atoms with Crippen LogP contribution in [0.2, 0.25) is 0 Å². The summed E-state index contributed by atoms with van der Waals surface area (Å²) in [6, 6.07) is 10.5. The summed E-state index contributed by atoms with van der Waals surface area (Å²) in [5.74, 6) is 0.751. The molecule has 1 amide bonds. The largest absolute Gasteiger partial charge is 0.348 e. The van der Waals surface area contributed by atoms with E-state index in [1.54, 1.807) is 0 Å². The molecule has 2 fully saturated rings. The zero-order valence-corrected chi connectivity index (χ0v) is 14.6. The normalized spacial score (nSPS) is 25.7. The number of nitrogens with one attached hydrogen (secondary N) is 1. The molecule has 128 valence electrons. The second-order valence-electron chi connectivity index (χ2n) is 7.27. The lowest BCUT2D eigenvalue weighted by Gasteiger charge is -2.24. The highest BCUT2D eigenvalue weighted by molar-refractivity contribution is 5.85. The molecule has 3 rings (SSSR count). The third-order valence-corrected chi connectivity index (χ3v) is 5.07. The maximum atomic E-state index is 12.4. The fourth-order valence-corrected chi connectivity index (χ4v) is 3.41. The Bertz CT molecular complexity index is 520. The maximum Gasteiger partial charge on any atom is 0.234 e. The van der Waals surface area contributed by atoms with Crippen LogP contribution in [-0.2, 0) is 4.79 Å². The second kappa shape index (κ2) is 7.65. The summed E-state index contributed by atoms with van der Waals surface area (Å²) in [6.07, 6.45) is 3.52. The summed E-state index contributed by atoms with van der Waals surface area (Å²) >= 11 is 0. The van der Waals surface area contributed by atoms with E-state index in [1.807, 2.05) is 18.2 Å². The van der Waals surface area contributed by atoms with E-state index in [-0.39, 0.29) is 29.8 Å². The van der Waals surface area contributed by atoms with Crippen LogP contribution in [0.3, 0.4) is 0 Å². The molecular formula is C18H28ClN3O. The lowest BCUT2D eigenvalue weighted by atomic mass is 9.90. The first-order chi connectivity index (χ1) is 10.6. The average molecular weight is 338 g/mol. The standard InChI is InChI=1S/C18H27N3O.ClH/c1-18(12-19)9-10-21(13-18)11-16(22)20-17(15-7-8-15)14-5-3-2-4-6-14;/h2-6,15,17H,7-13,19H2,1H3,(H,20,22);1H. The number of carbonyl (C=O) groups is 1. The molecule has 0 radical (unpaired) electrons. The van der Waals surface area contributed by atoms with Gasteiger partial charge in [0.1, 0.15) is 0 Å². The summed E-state index contributed by atoms with van der Waals surface area (Å²) in [5.41, 5.74) is 7.24. The number of rotatable bonds is 6. The molecule has 1 aliphatic heterocycles. The van der Waals surface area contributed by atoms with Crippen molar-refractivity contribution in [1.82, 2.24) is 10.2 Å². The van der Waals surface area contributed by atoms with Crippen molar-refractivity contribution >= 4 is 18.3 Å². The average Bonchev–Trinajstić information content (AvgIpc) is 3.30. The highest BCUT2D eigenvalue weighted by Crippen LogP contribution is 2.41. The predicted octanol–water partition coefficient (Wildman–Crippen LogP) is 2.35. The van der Waals surface area contributed by atoms with Gasteiger partial charge >= 0.3 is 0 Å². The summed E-state index contributed by atoms with van der Waals surface area (Å²) in [4.78, 5) is 14.7. The number of benzene rings is 1. The molecule has 1 aromatic carbocycles. The van der Waals surface area contributed by atoms with Gasteiger partial charge in [0.15, 0.2) is 0 Å². The number of nitrogens with zero attached hydrogens (tertiary/aromatic N) is 1. The predicted molar refractivity (Wildman–Crippen MR) is 95.5 cm³/mol. The summed E-state index contributed by atoms with van der Waals surface area (Å²) in [7, 11) is 0. The van der Waals surface area contributed by atoms with Gasteiger partial charge in [-0.3, -0.25) is 9.69 Å². The van der Waals surface area contributed by atoms with Crippen molar-refractivity contribution in [3.05, 3.63) is 35.9 Å². The zero-order valence-electron chi connectivity index (χ0n) is 13.8. The van der Waals surface area contributed by atoms with Crippen molar-refractivity contribution in [2.75, 3.05) is 26.2 Å². The third-order valence-electron chi connectivity index (χ3n) is 5.07. The molecule has 2 aliphatic rings. The van der Waals surface area contributed by atoms with E-state index in [0.717, 1.165) is 19.5 Å². The van der Waals surface area contributed by atoms with E-state index in [1.165, 1.54) is 18.4 Å². The van der Waals surface area contributed by atoms with Crippen molar-refractivity contribution in [2.45, 2.75) is 32.2 Å². The van der Waals surface area contributed by atoms with E-state index in [9.17, 15) is 4.79 Å². The Labute approximate surface area is 145 Å². The summed E-state index contributed by atoms with van der Waals surface area (Å²) in [6.45, 7) is 5.30. The number of carbonyl (C=O) groups excluding carboxylic acids is 1. The Morgan fingerprint density at radius 1 is 1.39 bits per heavy atom. The van der Waals surface area contributed by atoms with E-state index in [2.05, 4.69) is 29.3 Å². The molecule has 1 saturated carbocycles. The molecule has 1 heterocycles. The lowest BCUT2D eigenvalue weighted by Crippen LogP contribution is -2.40. The van der Waals surface area contributed by atoms with Crippen LogP contribution in [0.15, 0.2) is 30.3 Å². The van der Waals surface area contributed by atoms with E-state index in [4.69, 9.17) is 5.73 Å². The maximum absolute atomic E-state index is 12.4. The van der Waals surface area contributed by atoms with Crippen LogP contribution < -0.4 is 11.1 Å². The van der Waals surface area contributed by atoms with Gasteiger partial charge in [-0.15, -0.1) is 12.4 Å². The van der Waals surface area contributed by atoms with E-state index < -0.39 is 0 Å². The van der Waals surface area contributed by atoms with Gasteiger partial charge in [0, 0.05) is 6.54 Å². The smallest absolute Gasteiger partial charge is 0.234 e. The van der Waals surface area contributed by atoms with Crippen LogP contribution in [0.4, 0.5) is 0 Å². The highest BCUT2D eigenvalue weighted by Gasteiger charge is 2.35. The number of halogens is 1. The first-order valence-corrected chi connectivity index (χ1v) is 8.36. The molecular weight excluding hydrogens is 310 g/mol. The van der Waals surface area contributed by atoms with Crippen LogP contribution in [0.1, 0.15) is 37.8 Å². The molecule has 3 N–H and O–H groups in total. The molecule has 1 aromatic rings. The van der Waals surface area contributed by atoms with E-state index >= 15 is 0 Å². The molecule has 1 aliphatic carbocycles. The number of hydrogen-bond donors (Lipinski definition) is 2. The van der Waals surface area contributed by atoms with Crippen molar-refractivity contribution in [3.8, 4) is 0 Å². The topological polar surface area (TPSA) is 58.4 Å². The Morgan fingerprint density at radius 2 is 2.09 bits per heavy atom. The van der Waals surface area contributed by atoms with Crippen LogP contribution in [-0.4, -0.2) is 37.0 Å². The van der Waals surface area contributed by atoms with Gasteiger partial charge < -0.3 is 11.1 Å². The highest BCUT2D eigenvalue weighted by atomic mass is 35.5. The van der Waals surface area contributed by atoms with Crippen molar-refractivity contribution in [2.24, 2.45) is 17.1 Å². The molecule has 5 heteroatoms. The van der Waals surface area contributed by atoms with Crippen LogP contribution >= 0.6 is 12.4 Å². The number of amides is 1. The lowest BCUT2D eigenvalue weighted by molar-refractivity contribution is -0.123. The zero-order chi connectivity index (χ0) is 15.6. The molecule has 0 aromatic heterocycles. The van der Waals surface area contributed by atoms with E-state index in [0.29, 0.717) is 19.0 Å². The monoisotopic (exact) mass is 337 g/mol. The van der Waals surface area contributed by atoms with Gasteiger partial charge in [0.05, 0.1) is 12.6 Å². The fraction of sp³-hybridized carbons (Fsp3) is 0.611. The fourth-order valence-electron chi connectivity index (χ4n) is 3.41.